The van der Waals surface area contributed by atoms with Crippen molar-refractivity contribution in [1.82, 2.24) is 0 Å². The Morgan fingerprint density at radius 1 is 0.536 bits per heavy atom. The van der Waals surface area contributed by atoms with Gasteiger partial charge in [0, 0.05) is 12.3 Å². The maximum absolute atomic E-state index is 10.4. The van der Waals surface area contributed by atoms with E-state index in [0.29, 0.717) is 6.42 Å². The van der Waals surface area contributed by atoms with E-state index in [9.17, 15) is 4.79 Å². The van der Waals surface area contributed by atoms with Crippen molar-refractivity contribution < 1.29 is 9.90 Å². The van der Waals surface area contributed by atoms with Crippen LogP contribution in [0.1, 0.15) is 149 Å². The van der Waals surface area contributed by atoms with Crippen LogP contribution in [0, 0.1) is 0 Å². The number of carboxylic acid groups (broad SMARTS) is 1. The number of halogens is 1. The summed E-state index contributed by atoms with van der Waals surface area (Å²) in [5, 5.41) is 8.54. The van der Waals surface area contributed by atoms with Crippen LogP contribution in [0.4, 0.5) is 0 Å². The van der Waals surface area contributed by atoms with E-state index in [2.05, 4.69) is 13.8 Å². The second kappa shape index (κ2) is 29.0. The van der Waals surface area contributed by atoms with Crippen LogP contribution in [0.5, 0.6) is 0 Å². The van der Waals surface area contributed by atoms with Gasteiger partial charge in [0.15, 0.2) is 0 Å². The van der Waals surface area contributed by atoms with E-state index < -0.39 is 5.97 Å². The first kappa shape index (κ1) is 30.0. The number of carboxylic acids is 1. The Hall–Kier alpha value is -0.240. The quantitative estimate of drug-likeness (QED) is 0.149. The maximum atomic E-state index is 10.4. The Labute approximate surface area is 182 Å². The molecule has 0 amide bonds. The van der Waals surface area contributed by atoms with Crippen molar-refractivity contribution in [3.8, 4) is 0 Å². The van der Waals surface area contributed by atoms with Crippen LogP contribution in [0.2, 0.25) is 0 Å². The van der Waals surface area contributed by atoms with Gasteiger partial charge in [0.2, 0.25) is 0 Å². The molecule has 0 heterocycles. The molecule has 0 rings (SSSR count). The van der Waals surface area contributed by atoms with Crippen molar-refractivity contribution in [2.24, 2.45) is 0 Å². The molecule has 28 heavy (non-hydrogen) atoms. The number of hydrogen-bond donors (Lipinski definition) is 1. The number of unbranched alkanes of at least 4 members (excludes halogenated alkanes) is 18. The van der Waals surface area contributed by atoms with Gasteiger partial charge in [-0.05, 0) is 12.8 Å². The summed E-state index contributed by atoms with van der Waals surface area (Å²) in [6, 6.07) is 0. The standard InChI is InChI=1S/C20H40O2.C5H11Cl/c1-2-3-4-5-6-7-8-9-10-11-12-13-14-15-16-17-18-19-20(21)22;1-2-3-4-5-6/h2-19H2,1H3,(H,21,22);2-5H2,1H3. The van der Waals surface area contributed by atoms with Gasteiger partial charge in [0.05, 0.1) is 0 Å². The van der Waals surface area contributed by atoms with Crippen LogP contribution in [-0.2, 0) is 4.79 Å². The van der Waals surface area contributed by atoms with Crippen LogP contribution in [0.25, 0.3) is 0 Å². The molecular weight excluding hydrogens is 368 g/mol. The molecule has 1 N–H and O–H groups in total. The number of aliphatic carboxylic acids is 1. The van der Waals surface area contributed by atoms with Gasteiger partial charge >= 0.3 is 5.97 Å². The molecule has 0 bridgehead atoms. The highest BCUT2D eigenvalue weighted by Gasteiger charge is 1.97. The second-order valence-corrected chi connectivity index (χ2v) is 8.57. The van der Waals surface area contributed by atoms with E-state index in [1.165, 1.54) is 116 Å². The van der Waals surface area contributed by atoms with E-state index in [0.717, 1.165) is 18.7 Å². The molecule has 0 aliphatic heterocycles. The number of hydrogen-bond acceptors (Lipinski definition) is 1. The fourth-order valence-electron chi connectivity index (χ4n) is 3.35. The van der Waals surface area contributed by atoms with E-state index in [1.807, 2.05) is 0 Å². The van der Waals surface area contributed by atoms with Crippen LogP contribution in [0.15, 0.2) is 0 Å². The fourth-order valence-corrected chi connectivity index (χ4v) is 3.53. The lowest BCUT2D eigenvalue weighted by atomic mass is 10.0. The predicted molar refractivity (Wildman–Crippen MR) is 127 cm³/mol. The summed E-state index contributed by atoms with van der Waals surface area (Å²) in [6.07, 6.45) is 26.9. The molecule has 0 aromatic rings. The molecule has 170 valence electrons. The molecule has 0 spiro atoms. The molecule has 0 radical (unpaired) electrons. The van der Waals surface area contributed by atoms with Crippen LogP contribution in [0.3, 0.4) is 0 Å². The summed E-state index contributed by atoms with van der Waals surface area (Å²) in [5.74, 6) is 0.175. The van der Waals surface area contributed by atoms with Gasteiger partial charge in [-0.15, -0.1) is 11.6 Å². The molecule has 0 atom stereocenters. The zero-order chi connectivity index (χ0) is 21.1. The highest BCUT2D eigenvalue weighted by molar-refractivity contribution is 6.17. The van der Waals surface area contributed by atoms with Crippen molar-refractivity contribution in [2.75, 3.05) is 5.88 Å². The van der Waals surface area contributed by atoms with Gasteiger partial charge in [-0.25, -0.2) is 0 Å². The third kappa shape index (κ3) is 33.4. The molecule has 3 heteroatoms. The van der Waals surface area contributed by atoms with Crippen molar-refractivity contribution >= 4 is 17.6 Å². The van der Waals surface area contributed by atoms with Crippen LogP contribution in [-0.4, -0.2) is 17.0 Å². The first-order valence-corrected chi connectivity index (χ1v) is 13.0. The van der Waals surface area contributed by atoms with Gasteiger partial charge in [0.25, 0.3) is 0 Å². The summed E-state index contributed by atoms with van der Waals surface area (Å²) in [4.78, 5) is 10.4. The average molecular weight is 419 g/mol. The van der Waals surface area contributed by atoms with Crippen molar-refractivity contribution in [3.63, 3.8) is 0 Å². The Balaban J connectivity index is 0. The molecule has 0 aromatic heterocycles. The number of rotatable bonds is 21. The van der Waals surface area contributed by atoms with Crippen molar-refractivity contribution in [2.45, 2.75) is 149 Å². The minimum absolute atomic E-state index is 0.346. The van der Waals surface area contributed by atoms with Gasteiger partial charge in [0.1, 0.15) is 0 Å². The molecule has 2 nitrogen and oxygen atoms in total. The molecule has 0 aromatic carbocycles. The summed E-state index contributed by atoms with van der Waals surface area (Å²) < 4.78 is 0. The normalized spacial score (nSPS) is 10.5. The minimum atomic E-state index is -0.652. The van der Waals surface area contributed by atoms with Crippen LogP contribution >= 0.6 is 11.6 Å². The number of alkyl halides is 1. The lowest BCUT2D eigenvalue weighted by Gasteiger charge is -2.03. The summed E-state index contributed by atoms with van der Waals surface area (Å²) in [7, 11) is 0. The summed E-state index contributed by atoms with van der Waals surface area (Å²) in [6.45, 7) is 4.45. The number of carbonyl (C=O) groups is 1. The fraction of sp³-hybridized carbons (Fsp3) is 0.960. The zero-order valence-electron chi connectivity index (χ0n) is 19.3. The molecule has 0 fully saturated rings. The Kier molecular flexibility index (Phi) is 31.0. The first-order valence-electron chi connectivity index (χ1n) is 12.5. The topological polar surface area (TPSA) is 37.3 Å². The van der Waals surface area contributed by atoms with Gasteiger partial charge < -0.3 is 5.11 Å². The van der Waals surface area contributed by atoms with E-state index >= 15 is 0 Å². The lowest BCUT2D eigenvalue weighted by molar-refractivity contribution is -0.137. The monoisotopic (exact) mass is 418 g/mol. The largest absolute Gasteiger partial charge is 0.481 e. The Morgan fingerprint density at radius 3 is 1.07 bits per heavy atom. The first-order chi connectivity index (χ1) is 13.7. The molecule has 0 aliphatic carbocycles. The van der Waals surface area contributed by atoms with Gasteiger partial charge in [-0.2, -0.15) is 0 Å². The summed E-state index contributed by atoms with van der Waals surface area (Å²) in [5.41, 5.74) is 0. The molecule has 0 saturated carbocycles. The predicted octanol–water partition coefficient (Wildman–Crippen LogP) is 9.53. The molecule has 0 aliphatic rings. The average Bonchev–Trinajstić information content (AvgIpc) is 2.69. The van der Waals surface area contributed by atoms with Crippen molar-refractivity contribution in [3.05, 3.63) is 0 Å². The van der Waals surface area contributed by atoms with Crippen LogP contribution < -0.4 is 0 Å². The van der Waals surface area contributed by atoms with Crippen molar-refractivity contribution in [1.29, 1.82) is 0 Å². The highest BCUT2D eigenvalue weighted by Crippen LogP contribution is 2.14. The molecule has 0 unspecified atom stereocenters. The zero-order valence-corrected chi connectivity index (χ0v) is 20.0. The van der Waals surface area contributed by atoms with Gasteiger partial charge in [-0.3, -0.25) is 4.79 Å². The minimum Gasteiger partial charge on any atom is -0.481 e. The Morgan fingerprint density at radius 2 is 0.821 bits per heavy atom. The third-order valence-corrected chi connectivity index (χ3v) is 5.50. The third-order valence-electron chi connectivity index (χ3n) is 5.23. The smallest absolute Gasteiger partial charge is 0.303 e. The van der Waals surface area contributed by atoms with E-state index in [-0.39, 0.29) is 0 Å². The second-order valence-electron chi connectivity index (χ2n) is 8.20. The van der Waals surface area contributed by atoms with Gasteiger partial charge in [-0.1, -0.05) is 129 Å². The SMILES string of the molecule is CCCCCCCCCCCCCCCCCCCC(=O)O.CCCCCCl. The summed E-state index contributed by atoms with van der Waals surface area (Å²) >= 11 is 5.38. The molecule has 0 saturated heterocycles. The van der Waals surface area contributed by atoms with E-state index in [4.69, 9.17) is 16.7 Å². The Bertz CT molecular complexity index is 278. The molecular formula is C25H51ClO2. The van der Waals surface area contributed by atoms with E-state index in [1.54, 1.807) is 0 Å². The highest BCUT2D eigenvalue weighted by atomic mass is 35.5. The maximum Gasteiger partial charge on any atom is 0.303 e. The lowest BCUT2D eigenvalue weighted by Crippen LogP contribution is -1.93.